The van der Waals surface area contributed by atoms with Crippen LogP contribution in [0.5, 0.6) is 0 Å². The minimum atomic E-state index is -0.0533. The molecule has 0 bridgehead atoms. The third kappa shape index (κ3) is 6.24. The molecular formula is C32H46N4O3. The summed E-state index contributed by atoms with van der Waals surface area (Å²) < 4.78 is 5.70. The molecule has 1 fully saturated rings. The van der Waals surface area contributed by atoms with E-state index >= 15 is 0 Å². The zero-order chi connectivity index (χ0) is 27.4. The minimum absolute atomic E-state index is 0.0533. The van der Waals surface area contributed by atoms with Crippen LogP contribution >= 0.6 is 0 Å². The molecular weight excluding hydrogens is 488 g/mol. The molecule has 2 aliphatic carbocycles. The average Bonchev–Trinajstić information content (AvgIpc) is 3.17. The lowest BCUT2D eigenvalue weighted by molar-refractivity contribution is -0.123. The van der Waals surface area contributed by atoms with Gasteiger partial charge in [-0.25, -0.2) is 0 Å². The Labute approximate surface area is 233 Å². The van der Waals surface area contributed by atoms with E-state index in [-0.39, 0.29) is 17.7 Å². The maximum Gasteiger partial charge on any atom is 0.276 e. The predicted molar refractivity (Wildman–Crippen MR) is 154 cm³/mol. The summed E-state index contributed by atoms with van der Waals surface area (Å²) in [6.07, 6.45) is 11.4. The van der Waals surface area contributed by atoms with Crippen molar-refractivity contribution in [1.29, 1.82) is 0 Å². The van der Waals surface area contributed by atoms with E-state index in [9.17, 15) is 9.59 Å². The van der Waals surface area contributed by atoms with Crippen LogP contribution in [0, 0.1) is 12.8 Å². The third-order valence-corrected chi connectivity index (χ3v) is 9.08. The topological polar surface area (TPSA) is 69.9 Å². The molecule has 0 atom stereocenters. The third-order valence-electron chi connectivity index (χ3n) is 9.08. The van der Waals surface area contributed by atoms with Gasteiger partial charge in [0.25, 0.3) is 5.91 Å². The summed E-state index contributed by atoms with van der Waals surface area (Å²) in [6.45, 7) is 10.0. The monoisotopic (exact) mass is 534 g/mol. The molecule has 1 aliphatic heterocycles. The van der Waals surface area contributed by atoms with E-state index < -0.39 is 0 Å². The van der Waals surface area contributed by atoms with Gasteiger partial charge in [0, 0.05) is 56.7 Å². The van der Waals surface area contributed by atoms with Crippen LogP contribution in [-0.2, 0) is 24.2 Å². The number of anilines is 1. The molecule has 0 radical (unpaired) electrons. The van der Waals surface area contributed by atoms with Gasteiger partial charge in [-0.3, -0.25) is 14.5 Å². The Morgan fingerprint density at radius 1 is 0.923 bits per heavy atom. The Balaban J connectivity index is 1.51. The molecule has 2 amide bonds. The lowest BCUT2D eigenvalue weighted by Crippen LogP contribution is -2.42. The van der Waals surface area contributed by atoms with Gasteiger partial charge in [-0.2, -0.15) is 0 Å². The molecule has 0 unspecified atom stereocenters. The van der Waals surface area contributed by atoms with Crippen LogP contribution in [-0.4, -0.2) is 59.0 Å². The highest BCUT2D eigenvalue weighted by Gasteiger charge is 2.32. The Morgan fingerprint density at radius 3 is 2.49 bits per heavy atom. The highest BCUT2D eigenvalue weighted by atomic mass is 16.5. The standard InChI is InChI=1S/C32H46N4O3/c1-23(2)34-18-11-19-36(31(37)25-13-6-4-7-14-25)30-24(3)12-10-15-26(30)22-35(21-20-34)32(38)29-27-16-8-5-9-17-28(27)39-33-29/h10,12,15,23,25H,4-9,11,13-14,16-22H2,1-3H3. The number of hydrogen-bond acceptors (Lipinski definition) is 5. The molecule has 212 valence electrons. The summed E-state index contributed by atoms with van der Waals surface area (Å²) in [7, 11) is 0. The highest BCUT2D eigenvalue weighted by Crippen LogP contribution is 2.33. The van der Waals surface area contributed by atoms with E-state index in [1.165, 1.54) is 6.42 Å². The van der Waals surface area contributed by atoms with Gasteiger partial charge < -0.3 is 14.3 Å². The lowest BCUT2D eigenvalue weighted by atomic mass is 9.87. The molecule has 0 saturated heterocycles. The number of aromatic nitrogens is 1. The van der Waals surface area contributed by atoms with Gasteiger partial charge in [0.15, 0.2) is 5.69 Å². The van der Waals surface area contributed by atoms with Crippen molar-refractivity contribution in [2.24, 2.45) is 5.92 Å². The number of rotatable bonds is 3. The fourth-order valence-electron chi connectivity index (χ4n) is 6.78. The number of fused-ring (bicyclic) bond motifs is 2. The molecule has 0 spiro atoms. The van der Waals surface area contributed by atoms with E-state index in [4.69, 9.17) is 4.52 Å². The molecule has 2 heterocycles. The van der Waals surface area contributed by atoms with Gasteiger partial charge in [0.1, 0.15) is 5.76 Å². The molecule has 5 rings (SSSR count). The molecule has 0 N–H and O–H groups in total. The van der Waals surface area contributed by atoms with Gasteiger partial charge in [-0.1, -0.05) is 49.0 Å². The van der Waals surface area contributed by atoms with Crippen molar-refractivity contribution >= 4 is 17.5 Å². The first-order valence-electron chi connectivity index (χ1n) is 15.3. The number of carbonyl (C=O) groups is 2. The molecule has 3 aliphatic rings. The second kappa shape index (κ2) is 12.7. The molecule has 7 nitrogen and oxygen atoms in total. The molecule has 2 aromatic rings. The Kier molecular flexibility index (Phi) is 9.06. The van der Waals surface area contributed by atoms with E-state index in [0.717, 1.165) is 105 Å². The van der Waals surface area contributed by atoms with Crippen LogP contribution in [0.1, 0.15) is 105 Å². The van der Waals surface area contributed by atoms with Gasteiger partial charge in [-0.15, -0.1) is 0 Å². The summed E-state index contributed by atoms with van der Waals surface area (Å²) in [5, 5.41) is 4.32. The van der Waals surface area contributed by atoms with E-state index in [1.807, 2.05) is 4.90 Å². The summed E-state index contributed by atoms with van der Waals surface area (Å²) in [4.78, 5) is 34.6. The summed E-state index contributed by atoms with van der Waals surface area (Å²) in [6, 6.07) is 6.62. The van der Waals surface area contributed by atoms with Crippen LogP contribution in [0.3, 0.4) is 0 Å². The fourth-order valence-corrected chi connectivity index (χ4v) is 6.78. The number of carbonyl (C=O) groups excluding carboxylic acids is 2. The Bertz CT molecular complexity index is 1150. The van der Waals surface area contributed by atoms with Crippen molar-refractivity contribution in [2.45, 2.75) is 104 Å². The van der Waals surface area contributed by atoms with Gasteiger partial charge in [0.2, 0.25) is 5.91 Å². The van der Waals surface area contributed by atoms with E-state index in [2.05, 4.69) is 53.9 Å². The second-order valence-electron chi connectivity index (χ2n) is 12.1. The summed E-state index contributed by atoms with van der Waals surface area (Å²) in [5.41, 5.74) is 4.63. The first-order chi connectivity index (χ1) is 18.9. The number of aryl methyl sites for hydroxylation is 2. The molecule has 1 saturated carbocycles. The van der Waals surface area contributed by atoms with Crippen LogP contribution in [0.2, 0.25) is 0 Å². The highest BCUT2D eigenvalue weighted by molar-refractivity contribution is 5.97. The SMILES string of the molecule is Cc1cccc2c1N(C(=O)C1CCCCC1)CCCN(C(C)C)CCN(C(=O)c1noc3c1CCCCC3)C2. The molecule has 7 heteroatoms. The van der Waals surface area contributed by atoms with Crippen LogP contribution in [0.25, 0.3) is 0 Å². The second-order valence-corrected chi connectivity index (χ2v) is 12.1. The number of amides is 2. The number of para-hydroxylation sites is 1. The van der Waals surface area contributed by atoms with Crippen molar-refractivity contribution in [3.05, 3.63) is 46.3 Å². The quantitative estimate of drug-likeness (QED) is 0.457. The van der Waals surface area contributed by atoms with Crippen molar-refractivity contribution in [3.8, 4) is 0 Å². The smallest absolute Gasteiger partial charge is 0.276 e. The number of benzene rings is 1. The first-order valence-corrected chi connectivity index (χ1v) is 15.3. The zero-order valence-electron chi connectivity index (χ0n) is 24.2. The zero-order valence-corrected chi connectivity index (χ0v) is 24.2. The molecule has 1 aromatic carbocycles. The van der Waals surface area contributed by atoms with Crippen LogP contribution in [0.4, 0.5) is 5.69 Å². The van der Waals surface area contributed by atoms with Crippen molar-refractivity contribution in [3.63, 3.8) is 0 Å². The van der Waals surface area contributed by atoms with Gasteiger partial charge in [-0.05, 0) is 70.4 Å². The maximum absolute atomic E-state index is 14.1. The minimum Gasteiger partial charge on any atom is -0.360 e. The largest absolute Gasteiger partial charge is 0.360 e. The van der Waals surface area contributed by atoms with Crippen LogP contribution in [0.15, 0.2) is 22.7 Å². The first kappa shape index (κ1) is 27.9. The van der Waals surface area contributed by atoms with Crippen molar-refractivity contribution < 1.29 is 14.1 Å². The molecule has 1 aromatic heterocycles. The van der Waals surface area contributed by atoms with Crippen molar-refractivity contribution in [2.75, 3.05) is 31.1 Å². The van der Waals surface area contributed by atoms with Crippen molar-refractivity contribution in [1.82, 2.24) is 15.0 Å². The average molecular weight is 535 g/mol. The maximum atomic E-state index is 14.1. The normalized spacial score (nSPS) is 20.2. The Morgan fingerprint density at radius 2 is 1.69 bits per heavy atom. The van der Waals surface area contributed by atoms with Crippen LogP contribution < -0.4 is 4.90 Å². The summed E-state index contributed by atoms with van der Waals surface area (Å²) in [5.74, 6) is 1.20. The lowest BCUT2D eigenvalue weighted by Gasteiger charge is -2.33. The van der Waals surface area contributed by atoms with E-state index in [0.29, 0.717) is 31.4 Å². The Hall–Kier alpha value is -2.67. The van der Waals surface area contributed by atoms with Gasteiger partial charge in [0.05, 0.1) is 5.69 Å². The molecule has 39 heavy (non-hydrogen) atoms. The predicted octanol–water partition coefficient (Wildman–Crippen LogP) is 5.92. The van der Waals surface area contributed by atoms with E-state index in [1.54, 1.807) is 0 Å². The number of hydrogen-bond donors (Lipinski definition) is 0. The fraction of sp³-hybridized carbons (Fsp3) is 0.656. The number of nitrogens with zero attached hydrogens (tertiary/aromatic N) is 4. The van der Waals surface area contributed by atoms with Gasteiger partial charge >= 0.3 is 0 Å². The summed E-state index contributed by atoms with van der Waals surface area (Å²) >= 11 is 0.